The summed E-state index contributed by atoms with van der Waals surface area (Å²) in [5.74, 6) is 0.823. The van der Waals surface area contributed by atoms with Crippen LogP contribution in [0.25, 0.3) is 0 Å². The first-order chi connectivity index (χ1) is 13.9. The van der Waals surface area contributed by atoms with Gasteiger partial charge in [-0.3, -0.25) is 9.59 Å². The molecule has 0 spiro atoms. The number of hydrogen-bond acceptors (Lipinski definition) is 4. The lowest BCUT2D eigenvalue weighted by molar-refractivity contribution is -0.139. The van der Waals surface area contributed by atoms with Crippen molar-refractivity contribution in [3.8, 4) is 5.75 Å². The highest BCUT2D eigenvalue weighted by molar-refractivity contribution is 8.00. The molecule has 0 saturated carbocycles. The average molecular weight is 415 g/mol. The number of benzene rings is 2. The molecule has 5 nitrogen and oxygen atoms in total. The van der Waals surface area contributed by atoms with E-state index in [1.54, 1.807) is 12.0 Å². The van der Waals surface area contributed by atoms with E-state index in [-0.39, 0.29) is 23.6 Å². The quantitative estimate of drug-likeness (QED) is 0.594. The summed E-state index contributed by atoms with van der Waals surface area (Å²) in [5.41, 5.74) is 0.929. The van der Waals surface area contributed by atoms with Crippen LogP contribution in [0.1, 0.15) is 32.8 Å². The summed E-state index contributed by atoms with van der Waals surface area (Å²) in [4.78, 5) is 28.7. The van der Waals surface area contributed by atoms with Crippen LogP contribution >= 0.6 is 11.8 Å². The number of ether oxygens (including phenoxy) is 1. The van der Waals surface area contributed by atoms with Gasteiger partial charge >= 0.3 is 0 Å². The minimum Gasteiger partial charge on any atom is -0.497 e. The topological polar surface area (TPSA) is 58.6 Å². The fourth-order valence-electron chi connectivity index (χ4n) is 3.01. The second kappa shape index (κ2) is 11.5. The molecule has 0 radical (unpaired) electrons. The number of rotatable bonds is 10. The van der Waals surface area contributed by atoms with E-state index in [4.69, 9.17) is 4.74 Å². The molecule has 1 atom stereocenters. The minimum absolute atomic E-state index is 0.0176. The third-order valence-corrected chi connectivity index (χ3v) is 5.41. The Hall–Kier alpha value is -2.47. The Labute approximate surface area is 177 Å². The van der Waals surface area contributed by atoms with Gasteiger partial charge in [-0.1, -0.05) is 37.3 Å². The summed E-state index contributed by atoms with van der Waals surface area (Å²) in [7, 11) is 1.61. The van der Waals surface area contributed by atoms with Gasteiger partial charge in [-0.2, -0.15) is 0 Å². The summed E-state index contributed by atoms with van der Waals surface area (Å²) in [6.45, 7) is 6.13. The normalized spacial score (nSPS) is 11.8. The van der Waals surface area contributed by atoms with E-state index in [0.717, 1.165) is 16.2 Å². The Morgan fingerprint density at radius 2 is 1.83 bits per heavy atom. The Balaban J connectivity index is 2.22. The molecule has 0 heterocycles. The summed E-state index contributed by atoms with van der Waals surface area (Å²) in [5, 5.41) is 2.95. The Morgan fingerprint density at radius 3 is 2.45 bits per heavy atom. The molecular formula is C23H30N2O3S. The van der Waals surface area contributed by atoms with E-state index in [2.05, 4.69) is 5.32 Å². The number of carbonyl (C=O) groups excluding carboxylic acids is 2. The van der Waals surface area contributed by atoms with E-state index in [9.17, 15) is 9.59 Å². The van der Waals surface area contributed by atoms with Crippen LogP contribution in [0.15, 0.2) is 59.5 Å². The van der Waals surface area contributed by atoms with Crippen molar-refractivity contribution in [2.75, 3.05) is 12.9 Å². The molecule has 0 aliphatic rings. The lowest BCUT2D eigenvalue weighted by atomic mass is 10.1. The zero-order chi connectivity index (χ0) is 21.2. The van der Waals surface area contributed by atoms with Gasteiger partial charge < -0.3 is 15.0 Å². The Bertz CT molecular complexity index is 796. The highest BCUT2D eigenvalue weighted by Crippen LogP contribution is 2.21. The molecule has 6 heteroatoms. The van der Waals surface area contributed by atoms with Gasteiger partial charge in [-0.05, 0) is 50.1 Å². The van der Waals surface area contributed by atoms with Crippen LogP contribution in [0.2, 0.25) is 0 Å². The van der Waals surface area contributed by atoms with Crippen molar-refractivity contribution >= 4 is 23.6 Å². The van der Waals surface area contributed by atoms with E-state index in [1.807, 2.05) is 75.4 Å². The molecule has 156 valence electrons. The van der Waals surface area contributed by atoms with Crippen LogP contribution in [0.3, 0.4) is 0 Å². The molecule has 0 fully saturated rings. The molecule has 0 aromatic heterocycles. The monoisotopic (exact) mass is 414 g/mol. The number of nitrogens with one attached hydrogen (secondary N) is 1. The molecule has 2 aromatic carbocycles. The molecular weight excluding hydrogens is 384 g/mol. The number of thioether (sulfide) groups is 1. The summed E-state index contributed by atoms with van der Waals surface area (Å²) >= 11 is 1.48. The van der Waals surface area contributed by atoms with Gasteiger partial charge in [0.1, 0.15) is 11.8 Å². The highest BCUT2D eigenvalue weighted by Gasteiger charge is 2.29. The molecule has 0 aliphatic heterocycles. The third kappa shape index (κ3) is 7.13. The molecule has 2 rings (SSSR count). The van der Waals surface area contributed by atoms with Crippen molar-refractivity contribution in [1.82, 2.24) is 10.2 Å². The largest absolute Gasteiger partial charge is 0.497 e. The van der Waals surface area contributed by atoms with E-state index < -0.39 is 6.04 Å². The maximum absolute atomic E-state index is 13.2. The first-order valence-corrected chi connectivity index (χ1v) is 10.8. The van der Waals surface area contributed by atoms with Crippen molar-refractivity contribution in [2.45, 2.75) is 50.7 Å². The molecule has 0 unspecified atom stereocenters. The molecule has 29 heavy (non-hydrogen) atoms. The van der Waals surface area contributed by atoms with Crippen LogP contribution in [-0.2, 0) is 16.1 Å². The van der Waals surface area contributed by atoms with Crippen LogP contribution in [0, 0.1) is 0 Å². The van der Waals surface area contributed by atoms with Crippen LogP contribution in [0.5, 0.6) is 5.75 Å². The van der Waals surface area contributed by atoms with Crippen molar-refractivity contribution in [3.05, 3.63) is 60.2 Å². The highest BCUT2D eigenvalue weighted by atomic mass is 32.2. The average Bonchev–Trinajstić information content (AvgIpc) is 2.72. The predicted molar refractivity (Wildman–Crippen MR) is 118 cm³/mol. The lowest BCUT2D eigenvalue weighted by Gasteiger charge is -2.31. The van der Waals surface area contributed by atoms with E-state index >= 15 is 0 Å². The molecule has 0 aliphatic carbocycles. The Kier molecular flexibility index (Phi) is 9.06. The number of carbonyl (C=O) groups is 2. The summed E-state index contributed by atoms with van der Waals surface area (Å²) < 4.78 is 5.30. The van der Waals surface area contributed by atoms with Crippen molar-refractivity contribution in [2.24, 2.45) is 0 Å². The summed E-state index contributed by atoms with van der Waals surface area (Å²) in [6.07, 6.45) is 0.546. The van der Waals surface area contributed by atoms with Crippen molar-refractivity contribution < 1.29 is 14.3 Å². The maximum atomic E-state index is 13.2. The minimum atomic E-state index is -0.521. The van der Waals surface area contributed by atoms with E-state index in [0.29, 0.717) is 13.0 Å². The van der Waals surface area contributed by atoms with Crippen LogP contribution < -0.4 is 10.1 Å². The predicted octanol–water partition coefficient (Wildman–Crippen LogP) is 4.12. The van der Waals surface area contributed by atoms with Gasteiger partial charge in [0, 0.05) is 17.5 Å². The molecule has 1 N–H and O–H groups in total. The van der Waals surface area contributed by atoms with Gasteiger partial charge in [0.15, 0.2) is 0 Å². The van der Waals surface area contributed by atoms with Crippen molar-refractivity contribution in [1.29, 1.82) is 0 Å². The zero-order valence-corrected chi connectivity index (χ0v) is 18.4. The number of hydrogen-bond donors (Lipinski definition) is 1. The first kappa shape index (κ1) is 22.8. The van der Waals surface area contributed by atoms with Crippen LogP contribution in [0.4, 0.5) is 0 Å². The number of nitrogens with zero attached hydrogens (tertiary/aromatic N) is 1. The molecule has 2 aromatic rings. The van der Waals surface area contributed by atoms with Gasteiger partial charge in [0.25, 0.3) is 0 Å². The molecule has 0 bridgehead atoms. The number of amides is 2. The number of methoxy groups -OCH3 is 1. The van der Waals surface area contributed by atoms with Crippen molar-refractivity contribution in [3.63, 3.8) is 0 Å². The standard InChI is InChI=1S/C23H30N2O3S/c1-5-21(23(27)24-17(2)3)25(15-18-10-9-11-19(14-18)28-4)22(26)16-29-20-12-7-6-8-13-20/h6-14,17,21H,5,15-16H2,1-4H3,(H,24,27)/t21-/m1/s1. The fourth-order valence-corrected chi connectivity index (χ4v) is 3.82. The molecule has 2 amide bonds. The van der Waals surface area contributed by atoms with E-state index in [1.165, 1.54) is 11.8 Å². The maximum Gasteiger partial charge on any atom is 0.243 e. The van der Waals surface area contributed by atoms with Gasteiger partial charge in [0.05, 0.1) is 12.9 Å². The zero-order valence-electron chi connectivity index (χ0n) is 17.6. The first-order valence-electron chi connectivity index (χ1n) is 9.85. The smallest absolute Gasteiger partial charge is 0.243 e. The Morgan fingerprint density at radius 1 is 1.10 bits per heavy atom. The second-order valence-electron chi connectivity index (χ2n) is 7.06. The summed E-state index contributed by atoms with van der Waals surface area (Å²) in [6, 6.07) is 16.9. The second-order valence-corrected chi connectivity index (χ2v) is 8.11. The van der Waals surface area contributed by atoms with Crippen LogP contribution in [-0.4, -0.2) is 41.7 Å². The SMILES string of the molecule is CC[C@H](C(=O)NC(C)C)N(Cc1cccc(OC)c1)C(=O)CSc1ccccc1. The fraction of sp³-hybridized carbons (Fsp3) is 0.391. The molecule has 0 saturated heterocycles. The van der Waals surface area contributed by atoms with Gasteiger partial charge in [-0.25, -0.2) is 0 Å². The van der Waals surface area contributed by atoms with Gasteiger partial charge in [0.2, 0.25) is 11.8 Å². The lowest BCUT2D eigenvalue weighted by Crippen LogP contribution is -2.50. The van der Waals surface area contributed by atoms with Gasteiger partial charge in [-0.15, -0.1) is 11.8 Å². The third-order valence-electron chi connectivity index (χ3n) is 4.41.